The van der Waals surface area contributed by atoms with E-state index in [1.165, 1.54) is 6.42 Å². The molecule has 4 heteroatoms. The molecule has 0 bridgehead atoms. The van der Waals surface area contributed by atoms with Crippen LogP contribution >= 0.6 is 11.6 Å². The van der Waals surface area contributed by atoms with E-state index in [4.69, 9.17) is 11.6 Å². The Labute approximate surface area is 108 Å². The summed E-state index contributed by atoms with van der Waals surface area (Å²) in [5.74, 6) is 1.00. The van der Waals surface area contributed by atoms with Crippen LogP contribution in [0.2, 0.25) is 5.15 Å². The lowest BCUT2D eigenvalue weighted by molar-refractivity contribution is 0.192. The van der Waals surface area contributed by atoms with E-state index in [1.807, 2.05) is 18.2 Å². The Morgan fingerprint density at radius 2 is 2.00 bits per heavy atom. The zero-order chi connectivity index (χ0) is 12.3. The monoisotopic (exact) mass is 253 g/mol. The van der Waals surface area contributed by atoms with Crippen LogP contribution in [-0.2, 0) is 0 Å². The average molecular weight is 254 g/mol. The van der Waals surface area contributed by atoms with Gasteiger partial charge in [0.1, 0.15) is 11.0 Å². The predicted octanol–water partition coefficient (Wildman–Crippen LogP) is 2.66. The molecule has 1 atom stereocenters. The molecule has 1 aliphatic heterocycles. The third-order valence-electron chi connectivity index (χ3n) is 3.55. The summed E-state index contributed by atoms with van der Waals surface area (Å²) in [5, 5.41) is 0.576. The molecule has 0 amide bonds. The molecule has 1 fully saturated rings. The molecule has 1 aromatic rings. The maximum Gasteiger partial charge on any atom is 0.131 e. The molecule has 0 N–H and O–H groups in total. The van der Waals surface area contributed by atoms with Crippen molar-refractivity contribution in [3.63, 3.8) is 0 Å². The minimum atomic E-state index is 0.576. The van der Waals surface area contributed by atoms with Gasteiger partial charge in [-0.2, -0.15) is 0 Å². The zero-order valence-corrected chi connectivity index (χ0v) is 11.3. The average Bonchev–Trinajstić information content (AvgIpc) is 2.38. The fourth-order valence-electron chi connectivity index (χ4n) is 2.22. The van der Waals surface area contributed by atoms with Gasteiger partial charge in [0, 0.05) is 32.2 Å². The van der Waals surface area contributed by atoms with Crippen LogP contribution in [0.1, 0.15) is 20.3 Å². The maximum absolute atomic E-state index is 5.92. The zero-order valence-electron chi connectivity index (χ0n) is 10.6. The number of pyridine rings is 1. The molecule has 0 aliphatic carbocycles. The minimum absolute atomic E-state index is 0.576. The smallest absolute Gasteiger partial charge is 0.131 e. The summed E-state index contributed by atoms with van der Waals surface area (Å²) >= 11 is 5.92. The standard InChI is InChI=1S/C13H20ClN3/c1-3-11(2)16-7-9-17(10-8-16)13-6-4-5-12(14)15-13/h4-6,11H,3,7-10H2,1-2H3. The van der Waals surface area contributed by atoms with Gasteiger partial charge in [0.15, 0.2) is 0 Å². The van der Waals surface area contributed by atoms with Crippen molar-refractivity contribution < 1.29 is 0 Å². The lowest BCUT2D eigenvalue weighted by Crippen LogP contribution is -2.49. The molecule has 3 nitrogen and oxygen atoms in total. The highest BCUT2D eigenvalue weighted by Gasteiger charge is 2.20. The highest BCUT2D eigenvalue weighted by Crippen LogP contribution is 2.17. The fraction of sp³-hybridized carbons (Fsp3) is 0.615. The summed E-state index contributed by atoms with van der Waals surface area (Å²) in [6.07, 6.45) is 1.22. The number of rotatable bonds is 3. The number of nitrogens with zero attached hydrogens (tertiary/aromatic N) is 3. The van der Waals surface area contributed by atoms with Gasteiger partial charge >= 0.3 is 0 Å². The minimum Gasteiger partial charge on any atom is -0.354 e. The van der Waals surface area contributed by atoms with Crippen LogP contribution in [0.15, 0.2) is 18.2 Å². The van der Waals surface area contributed by atoms with E-state index in [0.717, 1.165) is 32.0 Å². The first-order valence-electron chi connectivity index (χ1n) is 6.32. The Bertz CT molecular complexity index is 361. The molecule has 17 heavy (non-hydrogen) atoms. The second-order valence-corrected chi connectivity index (χ2v) is 4.99. The van der Waals surface area contributed by atoms with E-state index in [0.29, 0.717) is 11.2 Å². The summed E-state index contributed by atoms with van der Waals surface area (Å²) in [4.78, 5) is 9.21. The highest BCUT2D eigenvalue weighted by atomic mass is 35.5. The van der Waals surface area contributed by atoms with Crippen LogP contribution in [0.3, 0.4) is 0 Å². The Balaban J connectivity index is 1.95. The number of halogens is 1. The first kappa shape index (κ1) is 12.7. The van der Waals surface area contributed by atoms with E-state index in [-0.39, 0.29) is 0 Å². The summed E-state index contributed by atoms with van der Waals surface area (Å²) in [6, 6.07) is 6.50. The molecule has 1 saturated heterocycles. The van der Waals surface area contributed by atoms with Gasteiger partial charge in [-0.3, -0.25) is 4.90 Å². The Morgan fingerprint density at radius 3 is 2.59 bits per heavy atom. The highest BCUT2D eigenvalue weighted by molar-refractivity contribution is 6.29. The molecule has 0 saturated carbocycles. The number of aromatic nitrogens is 1. The van der Waals surface area contributed by atoms with E-state index in [2.05, 4.69) is 28.6 Å². The van der Waals surface area contributed by atoms with E-state index in [9.17, 15) is 0 Å². The van der Waals surface area contributed by atoms with Crippen LogP contribution in [0, 0.1) is 0 Å². The van der Waals surface area contributed by atoms with Gasteiger partial charge in [0.2, 0.25) is 0 Å². The molecule has 0 spiro atoms. The van der Waals surface area contributed by atoms with Crippen LogP contribution in [0.4, 0.5) is 5.82 Å². The van der Waals surface area contributed by atoms with Crippen LogP contribution in [-0.4, -0.2) is 42.1 Å². The maximum atomic E-state index is 5.92. The molecule has 1 unspecified atom stereocenters. The summed E-state index contributed by atoms with van der Waals surface area (Å²) in [5.41, 5.74) is 0. The van der Waals surface area contributed by atoms with Crippen LogP contribution < -0.4 is 4.90 Å². The fourth-order valence-corrected chi connectivity index (χ4v) is 2.38. The molecule has 2 rings (SSSR count). The lowest BCUT2D eigenvalue weighted by atomic mass is 10.2. The van der Waals surface area contributed by atoms with Crippen molar-refractivity contribution in [2.45, 2.75) is 26.3 Å². The number of piperazine rings is 1. The lowest BCUT2D eigenvalue weighted by Gasteiger charge is -2.38. The Kier molecular flexibility index (Phi) is 4.24. The normalized spacial score (nSPS) is 19.4. The molecule has 0 radical (unpaired) electrons. The second-order valence-electron chi connectivity index (χ2n) is 4.60. The third-order valence-corrected chi connectivity index (χ3v) is 3.76. The van der Waals surface area contributed by atoms with Crippen molar-refractivity contribution in [2.75, 3.05) is 31.1 Å². The quantitative estimate of drug-likeness (QED) is 0.772. The van der Waals surface area contributed by atoms with Gasteiger partial charge in [-0.25, -0.2) is 4.98 Å². The largest absolute Gasteiger partial charge is 0.354 e. The van der Waals surface area contributed by atoms with Gasteiger partial charge < -0.3 is 4.90 Å². The predicted molar refractivity (Wildman–Crippen MR) is 72.8 cm³/mol. The Morgan fingerprint density at radius 1 is 1.29 bits per heavy atom. The van der Waals surface area contributed by atoms with E-state index < -0.39 is 0 Å². The van der Waals surface area contributed by atoms with Gasteiger partial charge in [-0.1, -0.05) is 24.6 Å². The molecule has 2 heterocycles. The molecule has 0 aromatic carbocycles. The van der Waals surface area contributed by atoms with Crippen molar-refractivity contribution in [3.8, 4) is 0 Å². The first-order valence-corrected chi connectivity index (χ1v) is 6.70. The summed E-state index contributed by atoms with van der Waals surface area (Å²) < 4.78 is 0. The molecule has 1 aromatic heterocycles. The number of hydrogen-bond acceptors (Lipinski definition) is 3. The van der Waals surface area contributed by atoms with Crippen molar-refractivity contribution in [3.05, 3.63) is 23.4 Å². The molecule has 1 aliphatic rings. The topological polar surface area (TPSA) is 19.4 Å². The Hall–Kier alpha value is -0.800. The van der Waals surface area contributed by atoms with Gasteiger partial charge in [0.05, 0.1) is 0 Å². The van der Waals surface area contributed by atoms with Crippen LogP contribution in [0.25, 0.3) is 0 Å². The van der Waals surface area contributed by atoms with Crippen molar-refractivity contribution in [1.29, 1.82) is 0 Å². The van der Waals surface area contributed by atoms with Crippen molar-refractivity contribution in [1.82, 2.24) is 9.88 Å². The van der Waals surface area contributed by atoms with E-state index >= 15 is 0 Å². The van der Waals surface area contributed by atoms with Gasteiger partial charge in [-0.05, 0) is 25.5 Å². The SMILES string of the molecule is CCC(C)N1CCN(c2cccc(Cl)n2)CC1. The first-order chi connectivity index (χ1) is 8.20. The molecular formula is C13H20ClN3. The molecular weight excluding hydrogens is 234 g/mol. The second kappa shape index (κ2) is 5.69. The third kappa shape index (κ3) is 3.11. The summed E-state index contributed by atoms with van der Waals surface area (Å²) in [6.45, 7) is 8.85. The van der Waals surface area contributed by atoms with Gasteiger partial charge in [0.25, 0.3) is 0 Å². The van der Waals surface area contributed by atoms with E-state index in [1.54, 1.807) is 0 Å². The van der Waals surface area contributed by atoms with Crippen molar-refractivity contribution >= 4 is 17.4 Å². The number of anilines is 1. The van der Waals surface area contributed by atoms with Crippen LogP contribution in [0.5, 0.6) is 0 Å². The van der Waals surface area contributed by atoms with Crippen molar-refractivity contribution in [2.24, 2.45) is 0 Å². The molecule has 94 valence electrons. The van der Waals surface area contributed by atoms with Gasteiger partial charge in [-0.15, -0.1) is 0 Å². The summed E-state index contributed by atoms with van der Waals surface area (Å²) in [7, 11) is 0. The number of hydrogen-bond donors (Lipinski definition) is 0.